The second-order valence-electron chi connectivity index (χ2n) is 6.36. The first-order valence-electron chi connectivity index (χ1n) is 8.22. The molecule has 1 saturated carbocycles. The highest BCUT2D eigenvalue weighted by Gasteiger charge is 2.28. The summed E-state index contributed by atoms with van der Waals surface area (Å²) in [6, 6.07) is 5.18. The Hall–Kier alpha value is -1.56. The molecule has 1 fully saturated rings. The van der Waals surface area contributed by atoms with Crippen molar-refractivity contribution in [2.45, 2.75) is 39.2 Å². The summed E-state index contributed by atoms with van der Waals surface area (Å²) in [7, 11) is 1.53. The molecular weight excluding hydrogens is 374 g/mol. The number of amides is 1. The molecule has 1 N–H and O–H groups in total. The molecule has 132 valence electrons. The third-order valence-electron chi connectivity index (χ3n) is 4.78. The maximum absolute atomic E-state index is 12.2. The van der Waals surface area contributed by atoms with Crippen molar-refractivity contribution >= 4 is 27.8 Å². The molecule has 1 amide bonds. The number of ether oxygens (including phenoxy) is 2. The predicted molar refractivity (Wildman–Crippen MR) is 95.1 cm³/mol. The molecule has 0 radical (unpaired) electrons. The van der Waals surface area contributed by atoms with E-state index in [2.05, 4.69) is 35.1 Å². The van der Waals surface area contributed by atoms with Crippen LogP contribution in [0.3, 0.4) is 0 Å². The van der Waals surface area contributed by atoms with Crippen LogP contribution in [0.1, 0.15) is 43.5 Å². The summed E-state index contributed by atoms with van der Waals surface area (Å²) in [5.41, 5.74) is 0.335. The molecule has 1 aromatic carbocycles. The highest BCUT2D eigenvalue weighted by Crippen LogP contribution is 2.29. The predicted octanol–water partition coefficient (Wildman–Crippen LogP) is 3.56. The van der Waals surface area contributed by atoms with Gasteiger partial charge in [0.1, 0.15) is 5.75 Å². The minimum absolute atomic E-state index is 0.156. The Morgan fingerprint density at radius 3 is 2.75 bits per heavy atom. The minimum atomic E-state index is -0.555. The molecule has 0 aromatic heterocycles. The van der Waals surface area contributed by atoms with E-state index in [1.54, 1.807) is 18.2 Å². The smallest absolute Gasteiger partial charge is 0.339 e. The molecule has 0 heterocycles. The Bertz CT molecular complexity index is 605. The van der Waals surface area contributed by atoms with Crippen molar-refractivity contribution in [3.8, 4) is 5.75 Å². The first-order chi connectivity index (χ1) is 11.4. The van der Waals surface area contributed by atoms with Crippen LogP contribution in [0.4, 0.5) is 0 Å². The van der Waals surface area contributed by atoms with E-state index in [0.717, 1.165) is 12.8 Å². The van der Waals surface area contributed by atoms with E-state index in [1.165, 1.54) is 13.5 Å². The van der Waals surface area contributed by atoms with Crippen LogP contribution in [0.2, 0.25) is 0 Å². The van der Waals surface area contributed by atoms with E-state index in [-0.39, 0.29) is 18.6 Å². The average Bonchev–Trinajstić information content (AvgIpc) is 2.57. The van der Waals surface area contributed by atoms with Crippen molar-refractivity contribution in [2.24, 2.45) is 11.8 Å². The van der Waals surface area contributed by atoms with Gasteiger partial charge in [-0.2, -0.15) is 0 Å². The lowest BCUT2D eigenvalue weighted by atomic mass is 9.78. The zero-order chi connectivity index (χ0) is 17.7. The van der Waals surface area contributed by atoms with Gasteiger partial charge in [-0.25, -0.2) is 4.79 Å². The summed E-state index contributed by atoms with van der Waals surface area (Å²) in [4.78, 5) is 24.2. The number of nitrogens with one attached hydrogen (secondary N) is 1. The van der Waals surface area contributed by atoms with Gasteiger partial charge in [0.05, 0.1) is 12.7 Å². The number of esters is 1. The molecule has 0 unspecified atom stereocenters. The third kappa shape index (κ3) is 4.72. The molecule has 24 heavy (non-hydrogen) atoms. The van der Waals surface area contributed by atoms with E-state index >= 15 is 0 Å². The monoisotopic (exact) mass is 397 g/mol. The van der Waals surface area contributed by atoms with E-state index in [4.69, 9.17) is 9.47 Å². The zero-order valence-corrected chi connectivity index (χ0v) is 15.9. The SMILES string of the molecule is COc1ccc(Br)c(C(=O)OCC(=O)N[C@H]2CCC[C@H](C)[C@H]2C)c1. The van der Waals surface area contributed by atoms with E-state index in [1.807, 2.05) is 0 Å². The van der Waals surface area contributed by atoms with Gasteiger partial charge in [0.15, 0.2) is 6.61 Å². The molecule has 3 atom stereocenters. The van der Waals surface area contributed by atoms with Crippen LogP contribution in [-0.2, 0) is 9.53 Å². The number of hydrogen-bond donors (Lipinski definition) is 1. The first kappa shape index (κ1) is 18.8. The summed E-state index contributed by atoms with van der Waals surface area (Å²) >= 11 is 3.30. The standard InChI is InChI=1S/C18H24BrNO4/c1-11-5-4-6-16(12(11)2)20-17(21)10-24-18(22)14-9-13(23-3)7-8-15(14)19/h7-9,11-12,16H,4-6,10H2,1-3H3,(H,20,21)/t11-,12+,16-/m0/s1. The molecule has 1 aliphatic rings. The Kier molecular flexibility index (Phi) is 6.66. The number of rotatable bonds is 5. The molecule has 5 nitrogen and oxygen atoms in total. The zero-order valence-electron chi connectivity index (χ0n) is 14.3. The van der Waals surface area contributed by atoms with Crippen LogP contribution in [0.15, 0.2) is 22.7 Å². The number of carbonyl (C=O) groups excluding carboxylic acids is 2. The van der Waals surface area contributed by atoms with Crippen molar-refractivity contribution in [1.29, 1.82) is 0 Å². The highest BCUT2D eigenvalue weighted by atomic mass is 79.9. The molecular formula is C18H24BrNO4. The molecule has 0 saturated heterocycles. The van der Waals surface area contributed by atoms with Gasteiger partial charge in [0.25, 0.3) is 5.91 Å². The second kappa shape index (κ2) is 8.51. The van der Waals surface area contributed by atoms with Gasteiger partial charge in [-0.05, 0) is 52.4 Å². The maximum Gasteiger partial charge on any atom is 0.339 e. The topological polar surface area (TPSA) is 64.6 Å². The minimum Gasteiger partial charge on any atom is -0.497 e. The number of methoxy groups -OCH3 is 1. The number of benzene rings is 1. The fraction of sp³-hybridized carbons (Fsp3) is 0.556. The van der Waals surface area contributed by atoms with E-state index in [9.17, 15) is 9.59 Å². The molecule has 2 rings (SSSR count). The summed E-state index contributed by atoms with van der Waals surface area (Å²) < 4.78 is 10.8. The molecule has 6 heteroatoms. The van der Waals surface area contributed by atoms with Crippen molar-refractivity contribution in [1.82, 2.24) is 5.32 Å². The number of hydrogen-bond acceptors (Lipinski definition) is 4. The number of halogens is 1. The molecule has 1 aromatic rings. The molecule has 0 aliphatic heterocycles. The van der Waals surface area contributed by atoms with Crippen LogP contribution < -0.4 is 10.1 Å². The lowest BCUT2D eigenvalue weighted by molar-refractivity contribution is -0.125. The normalized spacial score (nSPS) is 23.4. The molecule has 0 bridgehead atoms. The van der Waals surface area contributed by atoms with Crippen molar-refractivity contribution in [3.05, 3.63) is 28.2 Å². The number of carbonyl (C=O) groups is 2. The van der Waals surface area contributed by atoms with E-state index < -0.39 is 5.97 Å². The summed E-state index contributed by atoms with van der Waals surface area (Å²) in [5.74, 6) is 0.777. The van der Waals surface area contributed by atoms with Gasteiger partial charge in [0, 0.05) is 10.5 Å². The lowest BCUT2D eigenvalue weighted by Gasteiger charge is -2.34. The van der Waals surface area contributed by atoms with Gasteiger partial charge < -0.3 is 14.8 Å². The van der Waals surface area contributed by atoms with Crippen molar-refractivity contribution < 1.29 is 19.1 Å². The van der Waals surface area contributed by atoms with Crippen molar-refractivity contribution in [3.63, 3.8) is 0 Å². The van der Waals surface area contributed by atoms with Gasteiger partial charge >= 0.3 is 5.97 Å². The largest absolute Gasteiger partial charge is 0.497 e. The third-order valence-corrected chi connectivity index (χ3v) is 5.47. The first-order valence-corrected chi connectivity index (χ1v) is 9.01. The summed E-state index contributed by atoms with van der Waals surface area (Å²) in [6.07, 6.45) is 3.30. The van der Waals surface area contributed by atoms with Gasteiger partial charge in [-0.15, -0.1) is 0 Å². The van der Waals surface area contributed by atoms with Crippen LogP contribution in [0.5, 0.6) is 5.75 Å². The Balaban J connectivity index is 1.88. The fourth-order valence-electron chi connectivity index (χ4n) is 3.03. The molecule has 0 spiro atoms. The highest BCUT2D eigenvalue weighted by molar-refractivity contribution is 9.10. The molecule has 1 aliphatic carbocycles. The second-order valence-corrected chi connectivity index (χ2v) is 7.22. The van der Waals surface area contributed by atoms with Crippen molar-refractivity contribution in [2.75, 3.05) is 13.7 Å². The lowest BCUT2D eigenvalue weighted by Crippen LogP contribution is -2.45. The summed E-state index contributed by atoms with van der Waals surface area (Å²) in [5, 5.41) is 2.99. The van der Waals surface area contributed by atoms with Gasteiger partial charge in [-0.1, -0.05) is 26.7 Å². The summed E-state index contributed by atoms with van der Waals surface area (Å²) in [6.45, 7) is 4.09. The van der Waals surface area contributed by atoms with Crippen LogP contribution >= 0.6 is 15.9 Å². The van der Waals surface area contributed by atoms with E-state index in [0.29, 0.717) is 27.6 Å². The Morgan fingerprint density at radius 2 is 2.04 bits per heavy atom. The maximum atomic E-state index is 12.2. The van der Waals surface area contributed by atoms with Crippen LogP contribution in [-0.4, -0.2) is 31.6 Å². The quantitative estimate of drug-likeness (QED) is 0.771. The van der Waals surface area contributed by atoms with Crippen LogP contribution in [0, 0.1) is 11.8 Å². The van der Waals surface area contributed by atoms with Crippen LogP contribution in [0.25, 0.3) is 0 Å². The Labute approximate surface area is 151 Å². The Morgan fingerprint density at radius 1 is 1.29 bits per heavy atom. The fourth-order valence-corrected chi connectivity index (χ4v) is 3.44. The van der Waals surface area contributed by atoms with Gasteiger partial charge in [0.2, 0.25) is 0 Å². The van der Waals surface area contributed by atoms with Gasteiger partial charge in [-0.3, -0.25) is 4.79 Å². The average molecular weight is 398 g/mol.